The van der Waals surface area contributed by atoms with Crippen LogP contribution < -0.4 is 16.0 Å². The second-order valence-corrected chi connectivity index (χ2v) is 6.33. The van der Waals surface area contributed by atoms with Gasteiger partial charge in [0.1, 0.15) is 0 Å². The van der Waals surface area contributed by atoms with Crippen molar-refractivity contribution in [3.05, 3.63) is 71.8 Å². The first-order valence-corrected chi connectivity index (χ1v) is 8.64. The molecule has 3 aromatic rings. The number of urea groups is 1. The van der Waals surface area contributed by atoms with Crippen LogP contribution in [0.25, 0.3) is 10.8 Å². The average Bonchev–Trinajstić information content (AvgIpc) is 3.07. The fraction of sp³-hybridized carbons (Fsp3) is 0.143. The zero-order valence-electron chi connectivity index (χ0n) is 14.2. The van der Waals surface area contributed by atoms with E-state index >= 15 is 0 Å². The molecule has 0 heterocycles. The molecule has 5 nitrogen and oxygen atoms in total. The zero-order chi connectivity index (χ0) is 17.9. The predicted octanol–water partition coefficient (Wildman–Crippen LogP) is 3.70. The highest BCUT2D eigenvalue weighted by Crippen LogP contribution is 2.34. The third-order valence-corrected chi connectivity index (χ3v) is 4.60. The molecule has 4 rings (SSSR count). The molecule has 130 valence electrons. The quantitative estimate of drug-likeness (QED) is 0.675. The minimum absolute atomic E-state index is 0.0287. The summed E-state index contributed by atoms with van der Waals surface area (Å²) in [6.45, 7) is 0.0287. The monoisotopic (exact) mass is 345 g/mol. The van der Waals surface area contributed by atoms with Crippen molar-refractivity contribution in [2.24, 2.45) is 0 Å². The molecule has 0 aliphatic heterocycles. The van der Waals surface area contributed by atoms with Gasteiger partial charge in [-0.3, -0.25) is 10.1 Å². The number of benzene rings is 3. The minimum atomic E-state index is -0.539. The van der Waals surface area contributed by atoms with Gasteiger partial charge in [0.15, 0.2) is 0 Å². The lowest BCUT2D eigenvalue weighted by molar-refractivity contribution is -0.118. The van der Waals surface area contributed by atoms with Gasteiger partial charge in [0.2, 0.25) is 5.91 Å². The molecule has 0 spiro atoms. The van der Waals surface area contributed by atoms with Crippen LogP contribution in [0.15, 0.2) is 60.7 Å². The Morgan fingerprint density at radius 1 is 0.846 bits per heavy atom. The fourth-order valence-electron chi connectivity index (χ4n) is 3.43. The molecule has 1 aliphatic carbocycles. The Morgan fingerprint density at radius 2 is 1.62 bits per heavy atom. The highest BCUT2D eigenvalue weighted by molar-refractivity contribution is 6.04. The van der Waals surface area contributed by atoms with Crippen molar-refractivity contribution < 1.29 is 9.59 Å². The highest BCUT2D eigenvalue weighted by Gasteiger charge is 2.16. The van der Waals surface area contributed by atoms with Crippen LogP contribution in [0, 0.1) is 0 Å². The number of rotatable bonds is 4. The van der Waals surface area contributed by atoms with Crippen LogP contribution in [0.3, 0.4) is 0 Å². The number of amides is 3. The number of aryl methyl sites for hydroxylation is 2. The summed E-state index contributed by atoms with van der Waals surface area (Å²) in [5.74, 6) is -0.387. The number of imide groups is 1. The maximum atomic E-state index is 12.1. The van der Waals surface area contributed by atoms with E-state index in [9.17, 15) is 9.59 Å². The molecule has 0 aromatic heterocycles. The molecule has 3 amide bonds. The minimum Gasteiger partial charge on any atom is -0.376 e. The topological polar surface area (TPSA) is 70.2 Å². The molecule has 0 radical (unpaired) electrons. The largest absolute Gasteiger partial charge is 0.376 e. The second kappa shape index (κ2) is 6.88. The van der Waals surface area contributed by atoms with Gasteiger partial charge in [0, 0.05) is 16.8 Å². The summed E-state index contributed by atoms with van der Waals surface area (Å²) in [5.41, 5.74) is 4.25. The Balaban J connectivity index is 1.39. The van der Waals surface area contributed by atoms with Crippen molar-refractivity contribution in [2.45, 2.75) is 12.8 Å². The number of anilines is 2. The third kappa shape index (κ3) is 3.24. The first kappa shape index (κ1) is 16.1. The van der Waals surface area contributed by atoms with Crippen molar-refractivity contribution >= 4 is 34.1 Å². The van der Waals surface area contributed by atoms with E-state index in [1.807, 2.05) is 30.3 Å². The van der Waals surface area contributed by atoms with E-state index in [2.05, 4.69) is 34.1 Å². The van der Waals surface area contributed by atoms with Crippen molar-refractivity contribution in [1.82, 2.24) is 5.32 Å². The summed E-state index contributed by atoms with van der Waals surface area (Å²) in [4.78, 5) is 23.9. The Morgan fingerprint density at radius 3 is 2.42 bits per heavy atom. The van der Waals surface area contributed by atoms with Gasteiger partial charge < -0.3 is 10.6 Å². The van der Waals surface area contributed by atoms with E-state index in [0.717, 1.165) is 23.9 Å². The van der Waals surface area contributed by atoms with Crippen molar-refractivity contribution in [2.75, 3.05) is 17.2 Å². The molecule has 26 heavy (non-hydrogen) atoms. The van der Waals surface area contributed by atoms with Gasteiger partial charge in [-0.2, -0.15) is 0 Å². The van der Waals surface area contributed by atoms with Crippen LogP contribution in [0.1, 0.15) is 11.1 Å². The molecule has 0 atom stereocenters. The maximum absolute atomic E-state index is 12.1. The SMILES string of the molecule is O=C(CNc1ccc2c3c(cccc13)CC2)NC(=O)Nc1ccccc1. The molecular formula is C21H19N3O2. The van der Waals surface area contributed by atoms with Crippen LogP contribution >= 0.6 is 0 Å². The number of hydrogen-bond acceptors (Lipinski definition) is 3. The maximum Gasteiger partial charge on any atom is 0.325 e. The first-order valence-electron chi connectivity index (χ1n) is 8.64. The number of carbonyl (C=O) groups is 2. The molecule has 0 fully saturated rings. The smallest absolute Gasteiger partial charge is 0.325 e. The van der Waals surface area contributed by atoms with Gasteiger partial charge in [-0.05, 0) is 47.6 Å². The lowest BCUT2D eigenvalue weighted by Gasteiger charge is -2.12. The van der Waals surface area contributed by atoms with Gasteiger partial charge in [0.25, 0.3) is 0 Å². The average molecular weight is 345 g/mol. The van der Waals surface area contributed by atoms with Crippen LogP contribution in [-0.4, -0.2) is 18.5 Å². The van der Waals surface area contributed by atoms with Crippen LogP contribution in [-0.2, 0) is 17.6 Å². The van der Waals surface area contributed by atoms with E-state index in [0.29, 0.717) is 5.69 Å². The van der Waals surface area contributed by atoms with Crippen molar-refractivity contribution in [3.8, 4) is 0 Å². The molecule has 5 heteroatoms. The van der Waals surface area contributed by atoms with E-state index in [1.165, 1.54) is 16.5 Å². The summed E-state index contributed by atoms with van der Waals surface area (Å²) in [7, 11) is 0. The number of carbonyl (C=O) groups excluding carboxylic acids is 2. The lowest BCUT2D eigenvalue weighted by atomic mass is 10.0. The molecule has 0 unspecified atom stereocenters. The highest BCUT2D eigenvalue weighted by atomic mass is 16.2. The lowest BCUT2D eigenvalue weighted by Crippen LogP contribution is -2.37. The van der Waals surface area contributed by atoms with Crippen molar-refractivity contribution in [3.63, 3.8) is 0 Å². The molecule has 0 saturated heterocycles. The standard InChI is InChI=1S/C21H19N3O2/c25-19(24-21(26)23-16-6-2-1-3-7-16)13-22-18-12-11-15-10-9-14-5-4-8-17(18)20(14)15/h1-8,11-12,22H,9-10,13H2,(H2,23,24,25,26). The van der Waals surface area contributed by atoms with Gasteiger partial charge in [0.05, 0.1) is 6.54 Å². The van der Waals surface area contributed by atoms with E-state index in [4.69, 9.17) is 0 Å². The van der Waals surface area contributed by atoms with Crippen molar-refractivity contribution in [1.29, 1.82) is 0 Å². The second-order valence-electron chi connectivity index (χ2n) is 6.33. The summed E-state index contributed by atoms with van der Waals surface area (Å²) < 4.78 is 0. The first-order chi connectivity index (χ1) is 12.7. The molecule has 1 aliphatic rings. The van der Waals surface area contributed by atoms with Gasteiger partial charge >= 0.3 is 6.03 Å². The van der Waals surface area contributed by atoms with E-state index in [1.54, 1.807) is 12.1 Å². The molecule has 0 saturated carbocycles. The number of hydrogen-bond donors (Lipinski definition) is 3. The summed E-state index contributed by atoms with van der Waals surface area (Å²) in [5, 5.41) is 10.5. The Bertz CT molecular complexity index is 973. The summed E-state index contributed by atoms with van der Waals surface area (Å²) in [6, 6.07) is 18.8. The van der Waals surface area contributed by atoms with E-state index < -0.39 is 6.03 Å². The molecule has 0 bridgehead atoms. The summed E-state index contributed by atoms with van der Waals surface area (Å²) >= 11 is 0. The Hall–Kier alpha value is -3.34. The predicted molar refractivity (Wildman–Crippen MR) is 103 cm³/mol. The van der Waals surface area contributed by atoms with Gasteiger partial charge in [-0.15, -0.1) is 0 Å². The number of para-hydroxylation sites is 1. The molecule has 3 aromatic carbocycles. The molecular weight excluding hydrogens is 326 g/mol. The van der Waals surface area contributed by atoms with Crippen LogP contribution in [0.4, 0.5) is 16.2 Å². The normalized spacial score (nSPS) is 12.0. The third-order valence-electron chi connectivity index (χ3n) is 4.60. The Labute approximate surface area is 151 Å². The zero-order valence-corrected chi connectivity index (χ0v) is 14.2. The summed E-state index contributed by atoms with van der Waals surface area (Å²) in [6.07, 6.45) is 2.13. The molecule has 3 N–H and O–H groups in total. The fourth-order valence-corrected chi connectivity index (χ4v) is 3.43. The Kier molecular flexibility index (Phi) is 4.27. The van der Waals surface area contributed by atoms with E-state index in [-0.39, 0.29) is 12.5 Å². The van der Waals surface area contributed by atoms with Gasteiger partial charge in [-0.25, -0.2) is 4.79 Å². The van der Waals surface area contributed by atoms with Crippen LogP contribution in [0.5, 0.6) is 0 Å². The van der Waals surface area contributed by atoms with Crippen LogP contribution in [0.2, 0.25) is 0 Å². The number of nitrogens with one attached hydrogen (secondary N) is 3. The van der Waals surface area contributed by atoms with Gasteiger partial charge in [-0.1, -0.05) is 42.5 Å².